The average Bonchev–Trinajstić information content (AvgIpc) is 2.77. The molecular formula is C20H12Cl4N4O4+2. The SMILES string of the molecule is COc1cc(Oc2c(Cl)cc([N+]#N)cc2Cl)c(OC)c(Oc2c(Cl)cc([N+]#N)cc2Cl)c1. The molecule has 0 fully saturated rings. The molecule has 0 aliphatic carbocycles. The van der Waals surface area contributed by atoms with Gasteiger partial charge < -0.3 is 18.9 Å². The van der Waals surface area contributed by atoms with Gasteiger partial charge in [0.1, 0.15) is 5.75 Å². The number of ether oxygens (including phenoxy) is 4. The smallest absolute Gasteiger partial charge is 0.388 e. The highest BCUT2D eigenvalue weighted by Crippen LogP contribution is 2.49. The lowest BCUT2D eigenvalue weighted by Crippen LogP contribution is -1.97. The van der Waals surface area contributed by atoms with E-state index in [-0.39, 0.29) is 60.2 Å². The van der Waals surface area contributed by atoms with Gasteiger partial charge in [0, 0.05) is 12.1 Å². The van der Waals surface area contributed by atoms with Crippen molar-refractivity contribution < 1.29 is 18.9 Å². The summed E-state index contributed by atoms with van der Waals surface area (Å²) in [4.78, 5) is 6.11. The first-order valence-corrected chi connectivity index (χ1v) is 10.1. The van der Waals surface area contributed by atoms with Crippen LogP contribution in [0.25, 0.3) is 9.95 Å². The van der Waals surface area contributed by atoms with E-state index >= 15 is 0 Å². The predicted molar refractivity (Wildman–Crippen MR) is 122 cm³/mol. The highest BCUT2D eigenvalue weighted by Gasteiger charge is 2.23. The van der Waals surface area contributed by atoms with Crippen molar-refractivity contribution in [2.24, 2.45) is 0 Å². The second-order valence-electron chi connectivity index (χ2n) is 6.04. The van der Waals surface area contributed by atoms with E-state index < -0.39 is 0 Å². The van der Waals surface area contributed by atoms with Crippen molar-refractivity contribution in [3.05, 3.63) is 66.4 Å². The van der Waals surface area contributed by atoms with E-state index in [0.29, 0.717) is 5.75 Å². The minimum Gasteiger partial charge on any atom is -0.496 e. The summed E-state index contributed by atoms with van der Waals surface area (Å²) < 4.78 is 22.6. The van der Waals surface area contributed by atoms with Gasteiger partial charge in [-0.15, -0.1) is 0 Å². The molecular weight excluding hydrogens is 502 g/mol. The van der Waals surface area contributed by atoms with Gasteiger partial charge in [-0.1, -0.05) is 46.4 Å². The Labute approximate surface area is 202 Å². The van der Waals surface area contributed by atoms with Crippen molar-refractivity contribution in [2.45, 2.75) is 0 Å². The Morgan fingerprint density at radius 2 is 0.969 bits per heavy atom. The third kappa shape index (κ3) is 4.85. The highest BCUT2D eigenvalue weighted by atomic mass is 35.5. The molecule has 3 rings (SSSR count). The first-order valence-electron chi connectivity index (χ1n) is 8.61. The van der Waals surface area contributed by atoms with Crippen molar-refractivity contribution >= 4 is 57.8 Å². The van der Waals surface area contributed by atoms with Crippen LogP contribution in [0.1, 0.15) is 0 Å². The van der Waals surface area contributed by atoms with Gasteiger partial charge in [0.2, 0.25) is 16.5 Å². The first kappa shape index (κ1) is 23.5. The maximum absolute atomic E-state index is 8.94. The summed E-state index contributed by atoms with van der Waals surface area (Å²) in [6.07, 6.45) is 0. The van der Waals surface area contributed by atoms with Crippen LogP contribution in [0, 0.1) is 10.8 Å². The maximum Gasteiger partial charge on any atom is 0.388 e. The summed E-state index contributed by atoms with van der Waals surface area (Å²) in [5.74, 6) is 0.963. The second-order valence-corrected chi connectivity index (χ2v) is 7.67. The molecule has 3 aromatic rings. The molecule has 0 atom stereocenters. The van der Waals surface area contributed by atoms with Crippen LogP contribution in [0.2, 0.25) is 20.1 Å². The van der Waals surface area contributed by atoms with Gasteiger partial charge in [0.25, 0.3) is 0 Å². The molecule has 0 saturated carbocycles. The maximum atomic E-state index is 8.94. The Morgan fingerprint density at radius 3 is 1.25 bits per heavy atom. The summed E-state index contributed by atoms with van der Waals surface area (Å²) >= 11 is 24.9. The Balaban J connectivity index is 2.11. The summed E-state index contributed by atoms with van der Waals surface area (Å²) in [6.45, 7) is 0. The molecule has 3 aromatic carbocycles. The molecule has 0 unspecified atom stereocenters. The number of nitrogens with zero attached hydrogens (tertiary/aromatic N) is 4. The zero-order chi connectivity index (χ0) is 23.4. The molecule has 0 N–H and O–H groups in total. The van der Waals surface area contributed by atoms with Crippen LogP contribution < -0.4 is 18.9 Å². The van der Waals surface area contributed by atoms with Crippen molar-refractivity contribution in [2.75, 3.05) is 14.2 Å². The molecule has 0 saturated heterocycles. The Kier molecular flexibility index (Phi) is 7.34. The molecule has 0 heterocycles. The molecule has 12 heteroatoms. The quantitative estimate of drug-likeness (QED) is 0.305. The summed E-state index contributed by atoms with van der Waals surface area (Å²) in [5.41, 5.74) is 0.299. The first-order chi connectivity index (χ1) is 15.3. The van der Waals surface area contributed by atoms with Gasteiger partial charge in [0.05, 0.1) is 58.6 Å². The monoisotopic (exact) mass is 512 g/mol. The Bertz CT molecular complexity index is 1150. The van der Waals surface area contributed by atoms with Gasteiger partial charge >= 0.3 is 11.4 Å². The van der Waals surface area contributed by atoms with Crippen LogP contribution in [0.15, 0.2) is 36.4 Å². The minimum absolute atomic E-state index is 0.0863. The van der Waals surface area contributed by atoms with Gasteiger partial charge in [-0.2, -0.15) is 0 Å². The molecule has 0 spiro atoms. The fourth-order valence-electron chi connectivity index (χ4n) is 2.65. The van der Waals surface area contributed by atoms with E-state index in [9.17, 15) is 0 Å². The lowest BCUT2D eigenvalue weighted by atomic mass is 10.2. The summed E-state index contributed by atoms with van der Waals surface area (Å²) in [5, 5.41) is 18.2. The predicted octanol–water partition coefficient (Wildman–Crippen LogP) is 8.87. The third-order valence-corrected chi connectivity index (χ3v) is 5.18. The molecule has 0 amide bonds. The lowest BCUT2D eigenvalue weighted by molar-refractivity contribution is 0.346. The lowest BCUT2D eigenvalue weighted by Gasteiger charge is -2.18. The summed E-state index contributed by atoms with van der Waals surface area (Å²) in [7, 11) is 2.85. The minimum atomic E-state index is 0.0863. The van der Waals surface area contributed by atoms with Crippen molar-refractivity contribution in [1.82, 2.24) is 0 Å². The zero-order valence-electron chi connectivity index (χ0n) is 16.4. The molecule has 0 aromatic heterocycles. The fourth-order valence-corrected chi connectivity index (χ4v) is 3.75. The molecule has 0 aliphatic rings. The largest absolute Gasteiger partial charge is 0.496 e. The van der Waals surface area contributed by atoms with Crippen LogP contribution in [-0.2, 0) is 0 Å². The van der Waals surface area contributed by atoms with E-state index in [4.69, 9.17) is 76.1 Å². The van der Waals surface area contributed by atoms with E-state index in [2.05, 4.69) is 9.95 Å². The number of hydrogen-bond acceptors (Lipinski definition) is 6. The molecule has 32 heavy (non-hydrogen) atoms. The van der Waals surface area contributed by atoms with E-state index in [1.807, 2.05) is 0 Å². The fraction of sp³-hybridized carbons (Fsp3) is 0.100. The van der Waals surface area contributed by atoms with Gasteiger partial charge in [0.15, 0.2) is 32.9 Å². The van der Waals surface area contributed by atoms with Crippen LogP contribution >= 0.6 is 46.4 Å². The van der Waals surface area contributed by atoms with Gasteiger partial charge in [-0.3, -0.25) is 0 Å². The molecule has 0 radical (unpaired) electrons. The number of benzene rings is 3. The van der Waals surface area contributed by atoms with E-state index in [1.54, 1.807) is 0 Å². The topological polar surface area (TPSA) is 93.2 Å². The van der Waals surface area contributed by atoms with Crippen LogP contribution in [0.5, 0.6) is 34.5 Å². The second kappa shape index (κ2) is 9.99. The molecule has 0 aliphatic heterocycles. The standard InChI is InChI=1S/C20H12Cl4N4O4/c1-29-11-7-16(31-18-12(21)3-9(27-25)4-13(18)22)20(30-2)17(8-11)32-19-14(23)5-10(28-26)6-15(19)24/h3-8H,1-2H3/q+2. The summed E-state index contributed by atoms with van der Waals surface area (Å²) in [6, 6.07) is 8.50. The highest BCUT2D eigenvalue weighted by molar-refractivity contribution is 6.38. The molecule has 8 nitrogen and oxygen atoms in total. The zero-order valence-corrected chi connectivity index (χ0v) is 19.4. The van der Waals surface area contributed by atoms with Crippen LogP contribution in [-0.4, -0.2) is 14.2 Å². The van der Waals surface area contributed by atoms with Gasteiger partial charge in [-0.25, -0.2) is 0 Å². The number of methoxy groups -OCH3 is 2. The number of diazo groups is 2. The number of hydrogen-bond donors (Lipinski definition) is 0. The third-order valence-electron chi connectivity index (χ3n) is 4.06. The van der Waals surface area contributed by atoms with Crippen molar-refractivity contribution in [3.63, 3.8) is 0 Å². The molecule has 0 bridgehead atoms. The van der Waals surface area contributed by atoms with E-state index in [1.165, 1.54) is 50.6 Å². The van der Waals surface area contributed by atoms with Crippen molar-refractivity contribution in [1.29, 1.82) is 10.8 Å². The van der Waals surface area contributed by atoms with E-state index in [0.717, 1.165) is 0 Å². The Hall–Kier alpha value is -3.14. The Morgan fingerprint density at radius 1 is 0.594 bits per heavy atom. The normalized spacial score (nSPS) is 10.1. The molecule has 162 valence electrons. The number of rotatable bonds is 6. The van der Waals surface area contributed by atoms with Crippen LogP contribution in [0.4, 0.5) is 11.4 Å². The van der Waals surface area contributed by atoms with Crippen LogP contribution in [0.3, 0.4) is 0 Å². The average molecular weight is 514 g/mol. The van der Waals surface area contributed by atoms with Crippen molar-refractivity contribution in [3.8, 4) is 34.5 Å². The number of halogens is 4. The van der Waals surface area contributed by atoms with Gasteiger partial charge in [-0.05, 0) is 0 Å².